The minimum absolute atomic E-state index is 0.144. The lowest BCUT2D eigenvalue weighted by molar-refractivity contribution is -0.141. The topological polar surface area (TPSA) is 97.1 Å². The van der Waals surface area contributed by atoms with Gasteiger partial charge in [0.2, 0.25) is 0 Å². The van der Waals surface area contributed by atoms with Crippen molar-refractivity contribution < 1.29 is 14.7 Å². The summed E-state index contributed by atoms with van der Waals surface area (Å²) in [6, 6.07) is 7.07. The van der Waals surface area contributed by atoms with E-state index in [1.807, 2.05) is 19.1 Å². The van der Waals surface area contributed by atoms with E-state index >= 15 is 0 Å². The van der Waals surface area contributed by atoms with Crippen molar-refractivity contribution in [2.75, 3.05) is 0 Å². The van der Waals surface area contributed by atoms with Gasteiger partial charge in [0, 0.05) is 11.1 Å². The number of nitrogens with zero attached hydrogens (tertiary/aromatic N) is 3. The highest BCUT2D eigenvalue weighted by molar-refractivity contribution is 6.30. The summed E-state index contributed by atoms with van der Waals surface area (Å²) in [7, 11) is 0. The summed E-state index contributed by atoms with van der Waals surface area (Å²) in [5, 5.41) is 20.8. The zero-order chi connectivity index (χ0) is 18.7. The third-order valence-corrected chi connectivity index (χ3v) is 4.87. The maximum absolute atomic E-state index is 12.7. The summed E-state index contributed by atoms with van der Waals surface area (Å²) in [4.78, 5) is 23.8. The first-order valence-corrected chi connectivity index (χ1v) is 9.11. The SMILES string of the molecule is CCCc1c(C(=O)N[C@@H]2CC[C@H](C(=O)O)C2)nnn1-c1cccc(Cl)c1. The van der Waals surface area contributed by atoms with Crippen LogP contribution in [0.2, 0.25) is 5.02 Å². The first-order valence-electron chi connectivity index (χ1n) is 8.73. The molecule has 2 N–H and O–H groups in total. The third-order valence-electron chi connectivity index (χ3n) is 4.63. The molecule has 0 bridgehead atoms. The number of aliphatic carboxylic acids is 1. The molecule has 2 aromatic rings. The van der Waals surface area contributed by atoms with Gasteiger partial charge in [0.05, 0.1) is 17.3 Å². The molecular formula is C18H21ClN4O3. The molecule has 0 saturated heterocycles. The first-order chi connectivity index (χ1) is 12.5. The van der Waals surface area contributed by atoms with Gasteiger partial charge in [-0.2, -0.15) is 0 Å². The smallest absolute Gasteiger partial charge is 0.306 e. The molecule has 7 nitrogen and oxygen atoms in total. The summed E-state index contributed by atoms with van der Waals surface area (Å²) < 4.78 is 1.64. The molecule has 1 heterocycles. The number of nitrogens with one attached hydrogen (secondary N) is 1. The Bertz CT molecular complexity index is 821. The Balaban J connectivity index is 1.81. The van der Waals surface area contributed by atoms with Crippen molar-refractivity contribution in [3.8, 4) is 5.69 Å². The van der Waals surface area contributed by atoms with E-state index in [1.165, 1.54) is 0 Å². The van der Waals surface area contributed by atoms with E-state index in [0.717, 1.165) is 17.8 Å². The van der Waals surface area contributed by atoms with Crippen LogP contribution in [0.3, 0.4) is 0 Å². The van der Waals surface area contributed by atoms with Crippen molar-refractivity contribution in [3.05, 3.63) is 40.7 Å². The Morgan fingerprint density at radius 2 is 2.19 bits per heavy atom. The van der Waals surface area contributed by atoms with Crippen LogP contribution in [0.25, 0.3) is 5.69 Å². The van der Waals surface area contributed by atoms with Crippen LogP contribution in [0.1, 0.15) is 48.8 Å². The van der Waals surface area contributed by atoms with Crippen molar-refractivity contribution >= 4 is 23.5 Å². The van der Waals surface area contributed by atoms with E-state index in [0.29, 0.717) is 30.7 Å². The van der Waals surface area contributed by atoms with E-state index in [1.54, 1.807) is 16.8 Å². The Labute approximate surface area is 156 Å². The summed E-state index contributed by atoms with van der Waals surface area (Å²) >= 11 is 6.06. The number of hydrogen-bond donors (Lipinski definition) is 2. The van der Waals surface area contributed by atoms with Crippen LogP contribution in [-0.2, 0) is 11.2 Å². The zero-order valence-corrected chi connectivity index (χ0v) is 15.2. The molecule has 0 aliphatic heterocycles. The van der Waals surface area contributed by atoms with Crippen molar-refractivity contribution in [2.45, 2.75) is 45.1 Å². The molecule has 0 spiro atoms. The number of carbonyl (C=O) groups excluding carboxylic acids is 1. The van der Waals surface area contributed by atoms with Crippen LogP contribution >= 0.6 is 11.6 Å². The highest BCUT2D eigenvalue weighted by Gasteiger charge is 2.32. The minimum atomic E-state index is -0.805. The van der Waals surface area contributed by atoms with E-state index in [4.69, 9.17) is 16.7 Å². The maximum atomic E-state index is 12.7. The number of benzene rings is 1. The van der Waals surface area contributed by atoms with Gasteiger partial charge < -0.3 is 10.4 Å². The molecule has 8 heteroatoms. The fraction of sp³-hybridized carbons (Fsp3) is 0.444. The molecule has 3 rings (SSSR count). The van der Waals surface area contributed by atoms with Gasteiger partial charge in [-0.3, -0.25) is 9.59 Å². The van der Waals surface area contributed by atoms with Crippen LogP contribution in [-0.4, -0.2) is 38.0 Å². The fourth-order valence-corrected chi connectivity index (χ4v) is 3.53. The molecule has 0 radical (unpaired) electrons. The lowest BCUT2D eigenvalue weighted by Crippen LogP contribution is -2.34. The summed E-state index contributed by atoms with van der Waals surface area (Å²) in [5.74, 6) is -1.50. The molecule has 0 unspecified atom stereocenters. The van der Waals surface area contributed by atoms with E-state index in [-0.39, 0.29) is 17.6 Å². The summed E-state index contributed by atoms with van der Waals surface area (Å²) in [6.45, 7) is 2.02. The molecule has 1 aliphatic rings. The largest absolute Gasteiger partial charge is 0.481 e. The number of aromatic nitrogens is 3. The Kier molecular flexibility index (Phi) is 5.56. The predicted octanol–water partition coefficient (Wildman–Crippen LogP) is 2.86. The standard InChI is InChI=1S/C18H21ClN4O3/c1-2-4-15-16(17(24)20-13-8-7-11(9-13)18(25)26)21-22-23(15)14-6-3-5-12(19)10-14/h3,5-6,10-11,13H,2,4,7-9H2,1H3,(H,20,24)(H,25,26)/t11-,13+/m0/s1. The molecule has 1 amide bonds. The first kappa shape index (κ1) is 18.4. The number of amides is 1. The average Bonchev–Trinajstić information content (AvgIpc) is 3.22. The van der Waals surface area contributed by atoms with Crippen LogP contribution in [0.5, 0.6) is 0 Å². The molecule has 26 heavy (non-hydrogen) atoms. The zero-order valence-electron chi connectivity index (χ0n) is 14.5. The fourth-order valence-electron chi connectivity index (χ4n) is 3.35. The van der Waals surface area contributed by atoms with Gasteiger partial charge in [0.15, 0.2) is 5.69 Å². The van der Waals surface area contributed by atoms with Gasteiger partial charge in [0.25, 0.3) is 5.91 Å². The van der Waals surface area contributed by atoms with Gasteiger partial charge in [-0.25, -0.2) is 4.68 Å². The van der Waals surface area contributed by atoms with Crippen molar-refractivity contribution in [1.82, 2.24) is 20.3 Å². The van der Waals surface area contributed by atoms with Gasteiger partial charge in [-0.1, -0.05) is 36.2 Å². The number of hydrogen-bond acceptors (Lipinski definition) is 4. The monoisotopic (exact) mass is 376 g/mol. The van der Waals surface area contributed by atoms with Crippen LogP contribution in [0.4, 0.5) is 0 Å². The lowest BCUT2D eigenvalue weighted by atomic mass is 10.1. The number of rotatable bonds is 6. The van der Waals surface area contributed by atoms with Crippen LogP contribution < -0.4 is 5.32 Å². The molecule has 1 fully saturated rings. The van der Waals surface area contributed by atoms with Gasteiger partial charge in [-0.15, -0.1) is 5.10 Å². The van der Waals surface area contributed by atoms with Gasteiger partial charge in [-0.05, 0) is 43.9 Å². The molecule has 1 saturated carbocycles. The highest BCUT2D eigenvalue weighted by atomic mass is 35.5. The molecule has 2 atom stereocenters. The normalized spacial score (nSPS) is 19.5. The number of carboxylic acid groups (broad SMARTS) is 1. The van der Waals surface area contributed by atoms with Crippen LogP contribution in [0, 0.1) is 5.92 Å². The molecule has 1 aliphatic carbocycles. The molecular weight excluding hydrogens is 356 g/mol. The Morgan fingerprint density at radius 3 is 2.85 bits per heavy atom. The van der Waals surface area contributed by atoms with E-state index < -0.39 is 11.9 Å². The number of carbonyl (C=O) groups is 2. The number of halogens is 1. The summed E-state index contributed by atoms with van der Waals surface area (Å²) in [5.41, 5.74) is 1.75. The second-order valence-corrected chi connectivity index (χ2v) is 6.98. The Hall–Kier alpha value is -2.41. The number of carboxylic acids is 1. The van der Waals surface area contributed by atoms with E-state index in [9.17, 15) is 9.59 Å². The minimum Gasteiger partial charge on any atom is -0.481 e. The van der Waals surface area contributed by atoms with Gasteiger partial charge >= 0.3 is 5.97 Å². The van der Waals surface area contributed by atoms with E-state index in [2.05, 4.69) is 15.6 Å². The highest BCUT2D eigenvalue weighted by Crippen LogP contribution is 2.26. The van der Waals surface area contributed by atoms with Crippen molar-refractivity contribution in [2.24, 2.45) is 5.92 Å². The second kappa shape index (κ2) is 7.86. The molecule has 1 aromatic heterocycles. The lowest BCUT2D eigenvalue weighted by Gasteiger charge is -2.12. The second-order valence-electron chi connectivity index (χ2n) is 6.55. The predicted molar refractivity (Wildman–Crippen MR) is 96.6 cm³/mol. The summed E-state index contributed by atoms with van der Waals surface area (Å²) in [6.07, 6.45) is 3.17. The Morgan fingerprint density at radius 1 is 1.38 bits per heavy atom. The average molecular weight is 377 g/mol. The van der Waals surface area contributed by atoms with Gasteiger partial charge in [0.1, 0.15) is 0 Å². The molecule has 1 aromatic carbocycles. The van der Waals surface area contributed by atoms with Crippen molar-refractivity contribution in [3.63, 3.8) is 0 Å². The van der Waals surface area contributed by atoms with Crippen LogP contribution in [0.15, 0.2) is 24.3 Å². The van der Waals surface area contributed by atoms with Crippen molar-refractivity contribution in [1.29, 1.82) is 0 Å². The quantitative estimate of drug-likeness (QED) is 0.807. The third kappa shape index (κ3) is 3.88. The molecule has 138 valence electrons. The maximum Gasteiger partial charge on any atom is 0.306 e.